The van der Waals surface area contributed by atoms with Crippen molar-refractivity contribution >= 4 is 22.6 Å². The standard InChI is InChI=1S/C14H16INO/c1-10-6-7-11(9-16)14(8-10)17-13-5-3-2-4-12(13)15/h2-5,10-11,14H,6-8H2,1H3. The van der Waals surface area contributed by atoms with Gasteiger partial charge in [-0.3, -0.25) is 0 Å². The maximum atomic E-state index is 9.16. The smallest absolute Gasteiger partial charge is 0.133 e. The number of para-hydroxylation sites is 1. The molecule has 1 saturated carbocycles. The summed E-state index contributed by atoms with van der Waals surface area (Å²) in [5, 5.41) is 9.16. The SMILES string of the molecule is CC1CCC(C#N)C(Oc2ccccc2I)C1. The first-order chi connectivity index (χ1) is 8.20. The van der Waals surface area contributed by atoms with Crippen LogP contribution >= 0.6 is 22.6 Å². The van der Waals surface area contributed by atoms with Crippen molar-refractivity contribution < 1.29 is 4.74 Å². The lowest BCUT2D eigenvalue weighted by molar-refractivity contribution is 0.0948. The van der Waals surface area contributed by atoms with Crippen molar-refractivity contribution in [3.05, 3.63) is 27.8 Å². The third-order valence-corrected chi connectivity index (χ3v) is 4.23. The van der Waals surface area contributed by atoms with Crippen molar-refractivity contribution in [3.8, 4) is 11.8 Å². The molecule has 0 aliphatic heterocycles. The van der Waals surface area contributed by atoms with Gasteiger partial charge >= 0.3 is 0 Å². The molecule has 1 fully saturated rings. The quantitative estimate of drug-likeness (QED) is 0.762. The maximum Gasteiger partial charge on any atom is 0.133 e. The summed E-state index contributed by atoms with van der Waals surface area (Å²) in [6.45, 7) is 2.24. The van der Waals surface area contributed by atoms with Gasteiger partial charge in [-0.25, -0.2) is 0 Å². The molecule has 0 heterocycles. The minimum absolute atomic E-state index is 0.0437. The molecule has 90 valence electrons. The number of nitrogens with zero attached hydrogens (tertiary/aromatic N) is 1. The van der Waals surface area contributed by atoms with Crippen LogP contribution < -0.4 is 4.74 Å². The van der Waals surface area contributed by atoms with E-state index in [0.29, 0.717) is 5.92 Å². The van der Waals surface area contributed by atoms with E-state index in [-0.39, 0.29) is 12.0 Å². The minimum Gasteiger partial charge on any atom is -0.488 e. The number of rotatable bonds is 2. The molecule has 0 bridgehead atoms. The predicted octanol–water partition coefficient (Wildman–Crippen LogP) is 4.00. The summed E-state index contributed by atoms with van der Waals surface area (Å²) >= 11 is 2.27. The van der Waals surface area contributed by atoms with Crippen LogP contribution in [0.2, 0.25) is 0 Å². The second-order valence-electron chi connectivity index (χ2n) is 4.74. The molecule has 1 aromatic rings. The van der Waals surface area contributed by atoms with Crippen molar-refractivity contribution in [1.29, 1.82) is 5.26 Å². The zero-order valence-electron chi connectivity index (χ0n) is 9.90. The lowest BCUT2D eigenvalue weighted by Gasteiger charge is -2.31. The molecular formula is C14H16INO. The zero-order valence-corrected chi connectivity index (χ0v) is 12.1. The molecule has 0 saturated heterocycles. The molecule has 2 rings (SSSR count). The molecule has 0 aromatic heterocycles. The van der Waals surface area contributed by atoms with E-state index in [4.69, 9.17) is 10.00 Å². The Kier molecular flexibility index (Phi) is 4.27. The van der Waals surface area contributed by atoms with Gasteiger partial charge < -0.3 is 4.74 Å². The largest absolute Gasteiger partial charge is 0.488 e. The van der Waals surface area contributed by atoms with Crippen molar-refractivity contribution in [3.63, 3.8) is 0 Å². The van der Waals surface area contributed by atoms with Crippen LogP contribution in [-0.2, 0) is 0 Å². The Bertz CT molecular complexity index is 426. The van der Waals surface area contributed by atoms with E-state index in [9.17, 15) is 0 Å². The van der Waals surface area contributed by atoms with Crippen molar-refractivity contribution in [2.75, 3.05) is 0 Å². The molecule has 0 radical (unpaired) electrons. The van der Waals surface area contributed by atoms with Crippen LogP contribution in [0.3, 0.4) is 0 Å². The number of halogens is 1. The highest BCUT2D eigenvalue weighted by atomic mass is 127. The van der Waals surface area contributed by atoms with Crippen LogP contribution in [0, 0.1) is 26.7 Å². The van der Waals surface area contributed by atoms with Gasteiger partial charge in [-0.1, -0.05) is 19.1 Å². The summed E-state index contributed by atoms with van der Waals surface area (Å²) in [4.78, 5) is 0. The third kappa shape index (κ3) is 3.12. The average Bonchev–Trinajstić information content (AvgIpc) is 2.32. The van der Waals surface area contributed by atoms with Crippen molar-refractivity contribution in [2.45, 2.75) is 32.3 Å². The summed E-state index contributed by atoms with van der Waals surface area (Å²) in [7, 11) is 0. The number of hydrogen-bond donors (Lipinski definition) is 0. The lowest BCUT2D eigenvalue weighted by atomic mass is 9.81. The second kappa shape index (κ2) is 5.72. The normalized spacial score (nSPS) is 28.4. The van der Waals surface area contributed by atoms with Gasteiger partial charge in [0.25, 0.3) is 0 Å². The number of nitriles is 1. The average molecular weight is 341 g/mol. The Labute approximate surface area is 116 Å². The molecule has 2 nitrogen and oxygen atoms in total. The monoisotopic (exact) mass is 341 g/mol. The fourth-order valence-corrected chi connectivity index (χ4v) is 2.82. The first-order valence-electron chi connectivity index (χ1n) is 6.01. The fraction of sp³-hybridized carbons (Fsp3) is 0.500. The molecule has 3 heteroatoms. The summed E-state index contributed by atoms with van der Waals surface area (Å²) in [5.74, 6) is 1.61. The van der Waals surface area contributed by atoms with Crippen LogP contribution in [0.25, 0.3) is 0 Å². The van der Waals surface area contributed by atoms with Gasteiger partial charge in [0.2, 0.25) is 0 Å². The molecule has 3 unspecified atom stereocenters. The van der Waals surface area contributed by atoms with Gasteiger partial charge in [0.05, 0.1) is 15.6 Å². The van der Waals surface area contributed by atoms with Crippen LogP contribution in [0.5, 0.6) is 5.75 Å². The Morgan fingerprint density at radius 3 is 2.82 bits per heavy atom. The Morgan fingerprint density at radius 2 is 2.12 bits per heavy atom. The van der Waals surface area contributed by atoms with E-state index in [2.05, 4.69) is 35.6 Å². The summed E-state index contributed by atoms with van der Waals surface area (Å²) in [6.07, 6.45) is 3.15. The van der Waals surface area contributed by atoms with Gasteiger partial charge in [0, 0.05) is 0 Å². The number of hydrogen-bond acceptors (Lipinski definition) is 2. The molecule has 0 amide bonds. The molecule has 0 spiro atoms. The Morgan fingerprint density at radius 1 is 1.35 bits per heavy atom. The van der Waals surface area contributed by atoms with E-state index in [0.717, 1.165) is 28.6 Å². The minimum atomic E-state index is 0.0437. The first-order valence-corrected chi connectivity index (χ1v) is 7.09. The molecule has 17 heavy (non-hydrogen) atoms. The van der Waals surface area contributed by atoms with Gasteiger partial charge in [0.15, 0.2) is 0 Å². The Balaban J connectivity index is 2.11. The van der Waals surface area contributed by atoms with Crippen LogP contribution in [0.15, 0.2) is 24.3 Å². The summed E-state index contributed by atoms with van der Waals surface area (Å²) in [6, 6.07) is 10.4. The molecule has 3 atom stereocenters. The summed E-state index contributed by atoms with van der Waals surface area (Å²) < 4.78 is 7.14. The van der Waals surface area contributed by atoms with E-state index in [1.54, 1.807) is 0 Å². The van der Waals surface area contributed by atoms with Crippen molar-refractivity contribution in [2.24, 2.45) is 11.8 Å². The predicted molar refractivity (Wildman–Crippen MR) is 75.7 cm³/mol. The van der Waals surface area contributed by atoms with E-state index in [1.165, 1.54) is 0 Å². The highest BCUT2D eigenvalue weighted by molar-refractivity contribution is 14.1. The molecule has 0 N–H and O–H groups in total. The molecule has 1 aliphatic rings. The molecule has 1 aliphatic carbocycles. The second-order valence-corrected chi connectivity index (χ2v) is 5.90. The zero-order chi connectivity index (χ0) is 12.3. The van der Waals surface area contributed by atoms with Crippen LogP contribution in [-0.4, -0.2) is 6.10 Å². The van der Waals surface area contributed by atoms with Gasteiger partial charge in [-0.15, -0.1) is 0 Å². The highest BCUT2D eigenvalue weighted by Gasteiger charge is 2.30. The third-order valence-electron chi connectivity index (χ3n) is 3.33. The molecule has 1 aromatic carbocycles. The number of benzene rings is 1. The highest BCUT2D eigenvalue weighted by Crippen LogP contribution is 2.32. The van der Waals surface area contributed by atoms with Crippen molar-refractivity contribution in [1.82, 2.24) is 0 Å². The maximum absolute atomic E-state index is 9.16. The fourth-order valence-electron chi connectivity index (χ4n) is 2.31. The van der Waals surface area contributed by atoms with Crippen LogP contribution in [0.4, 0.5) is 0 Å². The van der Waals surface area contributed by atoms with Gasteiger partial charge in [0.1, 0.15) is 11.9 Å². The summed E-state index contributed by atoms with van der Waals surface area (Å²) in [5.41, 5.74) is 0. The van der Waals surface area contributed by atoms with Crippen LogP contribution in [0.1, 0.15) is 26.2 Å². The van der Waals surface area contributed by atoms with E-state index < -0.39 is 0 Å². The molecular weight excluding hydrogens is 325 g/mol. The Hall–Kier alpha value is -0.760. The number of ether oxygens (including phenoxy) is 1. The first kappa shape index (κ1) is 12.7. The van der Waals surface area contributed by atoms with Gasteiger partial charge in [-0.05, 0) is 59.9 Å². The van der Waals surface area contributed by atoms with E-state index in [1.807, 2.05) is 24.3 Å². The van der Waals surface area contributed by atoms with E-state index >= 15 is 0 Å². The van der Waals surface area contributed by atoms with Gasteiger partial charge in [-0.2, -0.15) is 5.26 Å². The topological polar surface area (TPSA) is 33.0 Å². The lowest BCUT2D eigenvalue weighted by Crippen LogP contribution is -2.32.